The molecule has 3 atom stereocenters. The summed E-state index contributed by atoms with van der Waals surface area (Å²) in [4.78, 5) is 26.8. The molecule has 2 aromatic rings. The first-order valence-electron chi connectivity index (χ1n) is 11.7. The Labute approximate surface area is 200 Å². The number of ketones is 1. The third-order valence-electron chi connectivity index (χ3n) is 6.74. The number of nitrogens with one attached hydrogen (secondary N) is 1. The molecule has 2 aromatic carbocycles. The van der Waals surface area contributed by atoms with Crippen molar-refractivity contribution in [3.63, 3.8) is 0 Å². The lowest BCUT2D eigenvalue weighted by Gasteiger charge is -2.37. The van der Waals surface area contributed by atoms with Crippen molar-refractivity contribution in [3.8, 4) is 11.5 Å². The quantitative estimate of drug-likeness (QED) is 0.582. The summed E-state index contributed by atoms with van der Waals surface area (Å²) in [5.74, 6) is -0.0182. The number of rotatable bonds is 6. The van der Waals surface area contributed by atoms with Gasteiger partial charge in [-0.25, -0.2) is 4.79 Å². The molecule has 0 saturated heterocycles. The van der Waals surface area contributed by atoms with Gasteiger partial charge in [0.25, 0.3) is 0 Å². The van der Waals surface area contributed by atoms with E-state index in [0.717, 1.165) is 22.6 Å². The molecule has 0 bridgehead atoms. The van der Waals surface area contributed by atoms with Gasteiger partial charge in [0, 0.05) is 29.3 Å². The van der Waals surface area contributed by atoms with Crippen LogP contribution in [0.15, 0.2) is 71.1 Å². The van der Waals surface area contributed by atoms with Crippen molar-refractivity contribution in [2.24, 2.45) is 0 Å². The van der Waals surface area contributed by atoms with Gasteiger partial charge < -0.3 is 19.9 Å². The Bertz CT molecular complexity index is 1140. The second-order valence-corrected chi connectivity index (χ2v) is 9.01. The van der Waals surface area contributed by atoms with Gasteiger partial charge in [-0.15, -0.1) is 0 Å². The predicted octanol–water partition coefficient (Wildman–Crippen LogP) is 5.10. The SMILES string of the molecule is CC[C@@H](C)OC(=O)C1=C(C)NC2=C(C(=O)C[C@H](c3ccc(OC)cc3)C2)[C@@H]1c1ccc(O)cc1. The largest absolute Gasteiger partial charge is 0.508 e. The highest BCUT2D eigenvalue weighted by molar-refractivity contribution is 6.04. The molecule has 0 saturated carbocycles. The molecule has 178 valence electrons. The average molecular weight is 462 g/mol. The van der Waals surface area contributed by atoms with Crippen LogP contribution < -0.4 is 10.1 Å². The Morgan fingerprint density at radius 2 is 1.74 bits per heavy atom. The highest BCUT2D eigenvalue weighted by Gasteiger charge is 2.41. The van der Waals surface area contributed by atoms with Gasteiger partial charge in [0.2, 0.25) is 0 Å². The van der Waals surface area contributed by atoms with Crippen LogP contribution in [0.2, 0.25) is 0 Å². The monoisotopic (exact) mass is 461 g/mol. The van der Waals surface area contributed by atoms with Crippen molar-refractivity contribution in [1.29, 1.82) is 0 Å². The Balaban J connectivity index is 1.75. The van der Waals surface area contributed by atoms with Crippen molar-refractivity contribution in [2.45, 2.75) is 58.0 Å². The number of methoxy groups -OCH3 is 1. The van der Waals surface area contributed by atoms with Gasteiger partial charge in [0.15, 0.2) is 5.78 Å². The zero-order valence-corrected chi connectivity index (χ0v) is 20.1. The topological polar surface area (TPSA) is 84.9 Å². The van der Waals surface area contributed by atoms with E-state index in [2.05, 4.69) is 5.32 Å². The number of dihydropyridines is 1. The molecule has 0 fully saturated rings. The standard InChI is InChI=1S/C28H31NO5/c1-5-16(2)34-28(32)25-17(3)29-23-14-20(18-8-12-22(33-4)13-9-18)15-24(31)27(23)26(25)19-6-10-21(30)11-7-19/h6-13,16,20,26,29-30H,5,14-15H2,1-4H3/t16-,20-,26-/m1/s1. The van der Waals surface area contributed by atoms with Crippen LogP contribution in [0.1, 0.15) is 63.0 Å². The molecule has 0 aromatic heterocycles. The van der Waals surface area contributed by atoms with Crippen LogP contribution in [0.25, 0.3) is 0 Å². The fraction of sp³-hybridized carbons (Fsp3) is 0.357. The maximum Gasteiger partial charge on any atom is 0.337 e. The predicted molar refractivity (Wildman–Crippen MR) is 130 cm³/mol. The van der Waals surface area contributed by atoms with Crippen LogP contribution in [0, 0.1) is 0 Å². The van der Waals surface area contributed by atoms with Crippen molar-refractivity contribution in [2.75, 3.05) is 7.11 Å². The number of benzene rings is 2. The number of hydrogen-bond acceptors (Lipinski definition) is 6. The second kappa shape index (κ2) is 9.75. The molecule has 2 aliphatic rings. The lowest BCUT2D eigenvalue weighted by atomic mass is 9.71. The smallest absolute Gasteiger partial charge is 0.337 e. The normalized spacial score (nSPS) is 21.0. The first kappa shape index (κ1) is 23.6. The average Bonchev–Trinajstić information content (AvgIpc) is 2.83. The zero-order chi connectivity index (χ0) is 24.4. The number of aromatic hydroxyl groups is 1. The minimum absolute atomic E-state index is 0.00832. The summed E-state index contributed by atoms with van der Waals surface area (Å²) in [7, 11) is 1.63. The maximum atomic E-state index is 13.6. The van der Waals surface area contributed by atoms with Gasteiger partial charge in [0.05, 0.1) is 18.8 Å². The maximum absolute atomic E-state index is 13.6. The van der Waals surface area contributed by atoms with Gasteiger partial charge >= 0.3 is 5.97 Å². The molecule has 1 aliphatic heterocycles. The van der Waals surface area contributed by atoms with Gasteiger partial charge in [-0.1, -0.05) is 31.2 Å². The molecule has 1 heterocycles. The van der Waals surface area contributed by atoms with Crippen LogP contribution in [0.4, 0.5) is 0 Å². The Morgan fingerprint density at radius 1 is 1.09 bits per heavy atom. The number of Topliss-reactive ketones (excluding diaryl/α,β-unsaturated/α-hetero) is 1. The molecular weight excluding hydrogens is 430 g/mol. The van der Waals surface area contributed by atoms with Crippen LogP contribution in [0.5, 0.6) is 11.5 Å². The minimum atomic E-state index is -0.544. The highest BCUT2D eigenvalue weighted by atomic mass is 16.5. The van der Waals surface area contributed by atoms with E-state index in [9.17, 15) is 14.7 Å². The molecule has 0 unspecified atom stereocenters. The zero-order valence-electron chi connectivity index (χ0n) is 20.1. The molecule has 6 nitrogen and oxygen atoms in total. The lowest BCUT2D eigenvalue weighted by Crippen LogP contribution is -2.36. The van der Waals surface area contributed by atoms with Crippen LogP contribution in [-0.2, 0) is 14.3 Å². The molecule has 1 aliphatic carbocycles. The van der Waals surface area contributed by atoms with Crippen LogP contribution >= 0.6 is 0 Å². The van der Waals surface area contributed by atoms with E-state index < -0.39 is 11.9 Å². The van der Waals surface area contributed by atoms with Gasteiger partial charge in [-0.2, -0.15) is 0 Å². The van der Waals surface area contributed by atoms with Gasteiger partial charge in [0.1, 0.15) is 11.5 Å². The molecule has 4 rings (SSSR count). The van der Waals surface area contributed by atoms with E-state index in [4.69, 9.17) is 9.47 Å². The van der Waals surface area contributed by atoms with E-state index in [0.29, 0.717) is 36.1 Å². The van der Waals surface area contributed by atoms with E-state index in [-0.39, 0.29) is 23.6 Å². The number of carbonyl (C=O) groups is 2. The van der Waals surface area contributed by atoms with E-state index in [1.54, 1.807) is 31.4 Å². The number of phenols is 1. The van der Waals surface area contributed by atoms with Crippen LogP contribution in [-0.4, -0.2) is 30.1 Å². The van der Waals surface area contributed by atoms with E-state index in [1.807, 2.05) is 45.0 Å². The Morgan fingerprint density at radius 3 is 2.35 bits per heavy atom. The number of hydrogen-bond donors (Lipinski definition) is 2. The summed E-state index contributed by atoms with van der Waals surface area (Å²) < 4.78 is 10.9. The van der Waals surface area contributed by atoms with Crippen LogP contribution in [0.3, 0.4) is 0 Å². The molecule has 0 spiro atoms. The number of esters is 1. The van der Waals surface area contributed by atoms with Crippen molar-refractivity contribution < 1.29 is 24.2 Å². The number of allylic oxidation sites excluding steroid dienone is 3. The summed E-state index contributed by atoms with van der Waals surface area (Å²) >= 11 is 0. The Hall–Kier alpha value is -3.54. The van der Waals surface area contributed by atoms with Gasteiger partial charge in [-0.3, -0.25) is 4.79 Å². The van der Waals surface area contributed by atoms with Gasteiger partial charge in [-0.05, 0) is 68.0 Å². The lowest BCUT2D eigenvalue weighted by molar-refractivity contribution is -0.144. The van der Waals surface area contributed by atoms with Crippen molar-refractivity contribution in [1.82, 2.24) is 5.32 Å². The number of ether oxygens (including phenoxy) is 2. The van der Waals surface area contributed by atoms with E-state index >= 15 is 0 Å². The van der Waals surface area contributed by atoms with E-state index in [1.165, 1.54) is 0 Å². The molecule has 0 amide bonds. The summed E-state index contributed by atoms with van der Waals surface area (Å²) in [6.45, 7) is 5.67. The summed E-state index contributed by atoms with van der Waals surface area (Å²) in [5.41, 5.74) is 4.44. The summed E-state index contributed by atoms with van der Waals surface area (Å²) in [5, 5.41) is 13.2. The summed E-state index contributed by atoms with van der Waals surface area (Å²) in [6, 6.07) is 14.5. The first-order chi connectivity index (χ1) is 16.3. The van der Waals surface area contributed by atoms with Crippen molar-refractivity contribution >= 4 is 11.8 Å². The summed E-state index contributed by atoms with van der Waals surface area (Å²) in [6.07, 6.45) is 1.48. The fourth-order valence-electron chi connectivity index (χ4n) is 4.75. The molecular formula is C28H31NO5. The second-order valence-electron chi connectivity index (χ2n) is 9.01. The third kappa shape index (κ3) is 4.58. The Kier molecular flexibility index (Phi) is 6.77. The third-order valence-corrected chi connectivity index (χ3v) is 6.74. The fourth-order valence-corrected chi connectivity index (χ4v) is 4.75. The molecule has 2 N–H and O–H groups in total. The highest BCUT2D eigenvalue weighted by Crippen LogP contribution is 2.46. The number of phenolic OH excluding ortho intramolecular Hbond substituents is 1. The molecule has 6 heteroatoms. The number of carbonyl (C=O) groups excluding carboxylic acids is 2. The first-order valence-corrected chi connectivity index (χ1v) is 11.7. The molecule has 34 heavy (non-hydrogen) atoms. The minimum Gasteiger partial charge on any atom is -0.508 e. The van der Waals surface area contributed by atoms with Crippen molar-refractivity contribution in [3.05, 3.63) is 82.2 Å². The molecule has 0 radical (unpaired) electrons.